The number of aliphatic carboxylic acids is 1. The molecule has 190 valence electrons. The molecule has 1 heterocycles. The van der Waals surface area contributed by atoms with Crippen LogP contribution in [0, 0.1) is 0 Å². The van der Waals surface area contributed by atoms with Gasteiger partial charge in [0.05, 0.1) is 4.91 Å². The number of thiocarbonyl (C=S) groups is 1. The molecular formula is C26H27BrN2O5S2. The lowest BCUT2D eigenvalue weighted by molar-refractivity contribution is -0.137. The van der Waals surface area contributed by atoms with Crippen molar-refractivity contribution < 1.29 is 24.2 Å². The van der Waals surface area contributed by atoms with Crippen LogP contribution in [0.3, 0.4) is 0 Å². The van der Waals surface area contributed by atoms with Crippen molar-refractivity contribution in [2.75, 3.05) is 19.7 Å². The number of unbranched alkanes of at least 4 members (excludes halogenated alkanes) is 2. The minimum absolute atomic E-state index is 0.120. The molecule has 2 N–H and O–H groups in total. The Morgan fingerprint density at radius 2 is 1.92 bits per heavy atom. The smallest absolute Gasteiger partial charge is 0.303 e. The normalized spacial score (nSPS) is 14.4. The number of hydrogen-bond donors (Lipinski definition) is 2. The van der Waals surface area contributed by atoms with Crippen molar-refractivity contribution in [1.82, 2.24) is 10.2 Å². The molecule has 0 bridgehead atoms. The zero-order valence-electron chi connectivity index (χ0n) is 19.6. The number of benzene rings is 2. The number of halogens is 1. The molecule has 36 heavy (non-hydrogen) atoms. The zero-order chi connectivity index (χ0) is 25.9. The van der Waals surface area contributed by atoms with Gasteiger partial charge in [-0.2, -0.15) is 0 Å². The summed E-state index contributed by atoms with van der Waals surface area (Å²) in [4.78, 5) is 37.9. The van der Waals surface area contributed by atoms with E-state index in [4.69, 9.17) is 22.1 Å². The number of amides is 2. The molecule has 2 aromatic carbocycles. The van der Waals surface area contributed by atoms with Crippen LogP contribution in [0.4, 0.5) is 0 Å². The molecule has 1 saturated heterocycles. The maximum absolute atomic E-state index is 12.9. The maximum atomic E-state index is 12.9. The molecule has 1 aliphatic heterocycles. The van der Waals surface area contributed by atoms with Gasteiger partial charge in [0.15, 0.2) is 6.61 Å². The van der Waals surface area contributed by atoms with E-state index in [0.717, 1.165) is 16.5 Å². The summed E-state index contributed by atoms with van der Waals surface area (Å²) in [5.74, 6) is -0.752. The van der Waals surface area contributed by atoms with Crippen molar-refractivity contribution in [3.05, 3.63) is 69.0 Å². The Kier molecular flexibility index (Phi) is 11.0. The molecule has 2 aromatic rings. The average Bonchev–Trinajstić information content (AvgIpc) is 3.11. The van der Waals surface area contributed by atoms with Crippen LogP contribution < -0.4 is 10.1 Å². The van der Waals surface area contributed by atoms with E-state index in [0.29, 0.717) is 52.9 Å². The van der Waals surface area contributed by atoms with E-state index in [1.807, 2.05) is 42.5 Å². The first-order chi connectivity index (χ1) is 17.3. The van der Waals surface area contributed by atoms with Gasteiger partial charge in [-0.05, 0) is 49.1 Å². The Morgan fingerprint density at radius 1 is 1.14 bits per heavy atom. The van der Waals surface area contributed by atoms with Crippen molar-refractivity contribution in [1.29, 1.82) is 0 Å². The van der Waals surface area contributed by atoms with Gasteiger partial charge in [0.25, 0.3) is 11.8 Å². The van der Waals surface area contributed by atoms with Gasteiger partial charge in [0.2, 0.25) is 0 Å². The Balaban J connectivity index is 1.56. The van der Waals surface area contributed by atoms with E-state index in [2.05, 4.69) is 21.2 Å². The summed E-state index contributed by atoms with van der Waals surface area (Å²) in [7, 11) is 0. The monoisotopic (exact) mass is 590 g/mol. The van der Waals surface area contributed by atoms with Crippen molar-refractivity contribution in [3.63, 3.8) is 0 Å². The van der Waals surface area contributed by atoms with E-state index in [-0.39, 0.29) is 24.8 Å². The first-order valence-electron chi connectivity index (χ1n) is 11.5. The van der Waals surface area contributed by atoms with Crippen LogP contribution in [0.15, 0.2) is 57.9 Å². The van der Waals surface area contributed by atoms with E-state index >= 15 is 0 Å². The third-order valence-electron chi connectivity index (χ3n) is 5.34. The minimum atomic E-state index is -0.819. The molecule has 0 radical (unpaired) electrons. The lowest BCUT2D eigenvalue weighted by atomic mass is 10.1. The van der Waals surface area contributed by atoms with Crippen LogP contribution in [-0.2, 0) is 20.8 Å². The molecule has 7 nitrogen and oxygen atoms in total. The van der Waals surface area contributed by atoms with Crippen LogP contribution in [0.2, 0.25) is 0 Å². The Labute approximate surface area is 228 Å². The van der Waals surface area contributed by atoms with Crippen LogP contribution in [-0.4, -0.2) is 51.8 Å². The molecule has 0 aromatic heterocycles. The quantitative estimate of drug-likeness (QED) is 0.192. The lowest BCUT2D eigenvalue weighted by Gasteiger charge is -2.14. The fourth-order valence-corrected chi connectivity index (χ4v) is 5.18. The third-order valence-corrected chi connectivity index (χ3v) is 7.21. The SMILES string of the molecule is O=C(O)CCCCCN1C(=O)C(=Cc2cc(Br)ccc2OCC(=O)NCCc2ccccc2)SC1=S. The summed E-state index contributed by atoms with van der Waals surface area (Å²) in [5, 5.41) is 11.6. The zero-order valence-corrected chi connectivity index (χ0v) is 22.8. The summed E-state index contributed by atoms with van der Waals surface area (Å²) in [5.41, 5.74) is 1.80. The number of nitrogens with zero attached hydrogens (tertiary/aromatic N) is 1. The molecule has 0 aliphatic carbocycles. The summed E-state index contributed by atoms with van der Waals surface area (Å²) in [6.07, 6.45) is 4.53. The molecule has 0 spiro atoms. The van der Waals surface area contributed by atoms with Crippen LogP contribution in [0.1, 0.15) is 36.8 Å². The molecule has 0 saturated carbocycles. The number of carbonyl (C=O) groups excluding carboxylic acids is 2. The first kappa shape index (κ1) is 27.9. The second-order valence-electron chi connectivity index (χ2n) is 8.09. The van der Waals surface area contributed by atoms with E-state index in [9.17, 15) is 14.4 Å². The molecule has 1 fully saturated rings. The molecule has 0 unspecified atom stereocenters. The third kappa shape index (κ3) is 8.76. The molecule has 1 aliphatic rings. The summed E-state index contributed by atoms with van der Waals surface area (Å²) < 4.78 is 7.05. The van der Waals surface area contributed by atoms with E-state index in [1.165, 1.54) is 11.8 Å². The minimum Gasteiger partial charge on any atom is -0.483 e. The molecular weight excluding hydrogens is 564 g/mol. The predicted molar refractivity (Wildman–Crippen MR) is 149 cm³/mol. The van der Waals surface area contributed by atoms with Crippen molar-refractivity contribution in [2.45, 2.75) is 32.1 Å². The van der Waals surface area contributed by atoms with Gasteiger partial charge in [-0.25, -0.2) is 0 Å². The molecule has 10 heteroatoms. The van der Waals surface area contributed by atoms with Gasteiger partial charge in [-0.3, -0.25) is 19.3 Å². The van der Waals surface area contributed by atoms with Crippen molar-refractivity contribution in [2.24, 2.45) is 0 Å². The number of carboxylic acids is 1. The molecule has 2 amide bonds. The first-order valence-corrected chi connectivity index (χ1v) is 13.6. The van der Waals surface area contributed by atoms with Gasteiger partial charge in [-0.15, -0.1) is 0 Å². The highest BCUT2D eigenvalue weighted by Gasteiger charge is 2.31. The van der Waals surface area contributed by atoms with Gasteiger partial charge < -0.3 is 15.2 Å². The average molecular weight is 592 g/mol. The second-order valence-corrected chi connectivity index (χ2v) is 10.7. The molecule has 3 rings (SSSR count). The van der Waals surface area contributed by atoms with Gasteiger partial charge >= 0.3 is 5.97 Å². The van der Waals surface area contributed by atoms with Crippen LogP contribution >= 0.6 is 39.9 Å². The highest BCUT2D eigenvalue weighted by molar-refractivity contribution is 9.10. The Morgan fingerprint density at radius 3 is 2.67 bits per heavy atom. The highest BCUT2D eigenvalue weighted by Crippen LogP contribution is 2.35. The van der Waals surface area contributed by atoms with E-state index in [1.54, 1.807) is 17.0 Å². The van der Waals surface area contributed by atoms with Gasteiger partial charge in [0, 0.05) is 29.5 Å². The lowest BCUT2D eigenvalue weighted by Crippen LogP contribution is -2.30. The van der Waals surface area contributed by atoms with Crippen LogP contribution in [0.25, 0.3) is 6.08 Å². The Bertz CT molecular complexity index is 1140. The summed E-state index contributed by atoms with van der Waals surface area (Å²) >= 11 is 10.1. The second kappa shape index (κ2) is 14.2. The number of carbonyl (C=O) groups is 3. The van der Waals surface area contributed by atoms with Crippen molar-refractivity contribution in [3.8, 4) is 5.75 Å². The Hall–Kier alpha value is -2.69. The predicted octanol–water partition coefficient (Wildman–Crippen LogP) is 5.03. The number of thioether (sulfide) groups is 1. The van der Waals surface area contributed by atoms with Crippen LogP contribution in [0.5, 0.6) is 5.75 Å². The standard InChI is InChI=1S/C26H27BrN2O5S2/c27-20-10-11-21(34-17-23(30)28-13-12-18-7-3-1-4-8-18)19(15-20)16-22-25(33)29(26(35)36-22)14-6-2-5-9-24(31)32/h1,3-4,7-8,10-11,15-16H,2,5-6,9,12-14,17H2,(H,28,30)(H,31,32). The summed E-state index contributed by atoms with van der Waals surface area (Å²) in [6.45, 7) is 0.819. The number of nitrogens with one attached hydrogen (secondary N) is 1. The molecule has 0 atom stereocenters. The topological polar surface area (TPSA) is 95.9 Å². The fourth-order valence-electron chi connectivity index (χ4n) is 3.51. The number of rotatable bonds is 13. The number of ether oxygens (including phenoxy) is 1. The maximum Gasteiger partial charge on any atom is 0.303 e. The fraction of sp³-hybridized carbons (Fsp3) is 0.308. The largest absolute Gasteiger partial charge is 0.483 e. The summed E-state index contributed by atoms with van der Waals surface area (Å²) in [6, 6.07) is 15.3. The van der Waals surface area contributed by atoms with Crippen molar-refractivity contribution >= 4 is 68.1 Å². The van der Waals surface area contributed by atoms with Gasteiger partial charge in [0.1, 0.15) is 10.1 Å². The number of carboxylic acid groups (broad SMARTS) is 1. The highest BCUT2D eigenvalue weighted by atomic mass is 79.9. The van der Waals surface area contributed by atoms with Gasteiger partial charge in [-0.1, -0.05) is 76.7 Å². The number of hydrogen-bond acceptors (Lipinski definition) is 6. The van der Waals surface area contributed by atoms with E-state index < -0.39 is 5.97 Å².